The van der Waals surface area contributed by atoms with Gasteiger partial charge in [0.1, 0.15) is 5.60 Å². The third-order valence-corrected chi connectivity index (χ3v) is 3.25. The van der Waals surface area contributed by atoms with E-state index >= 15 is 0 Å². The van der Waals surface area contributed by atoms with Crippen molar-refractivity contribution in [1.29, 1.82) is 0 Å². The Morgan fingerprint density at radius 3 is 2.52 bits per heavy atom. The third-order valence-electron chi connectivity index (χ3n) is 3.25. The van der Waals surface area contributed by atoms with Crippen molar-refractivity contribution in [2.45, 2.75) is 32.9 Å². The molecule has 2 aromatic rings. The molecule has 0 saturated carbocycles. The first-order valence-corrected chi connectivity index (χ1v) is 7.96. The van der Waals surface area contributed by atoms with Gasteiger partial charge in [0.15, 0.2) is 11.5 Å². The lowest BCUT2D eigenvalue weighted by Gasteiger charge is -2.19. The summed E-state index contributed by atoms with van der Waals surface area (Å²) in [6.45, 7) is 6.00. The smallest absolute Gasteiger partial charge is 0.412 e. The first-order chi connectivity index (χ1) is 11.8. The molecule has 3 N–H and O–H groups in total. The highest BCUT2D eigenvalue weighted by Gasteiger charge is 2.16. The average molecular weight is 344 g/mol. The monoisotopic (exact) mass is 344 g/mol. The van der Waals surface area contributed by atoms with Crippen molar-refractivity contribution in [3.63, 3.8) is 0 Å². The minimum atomic E-state index is -0.544. The lowest BCUT2D eigenvalue weighted by Crippen LogP contribution is -2.27. The van der Waals surface area contributed by atoms with Crippen LogP contribution >= 0.6 is 0 Å². The number of ether oxygens (including phenoxy) is 2. The lowest BCUT2D eigenvalue weighted by molar-refractivity contribution is 0.0636. The molecular weight excluding hydrogens is 320 g/mol. The Hall–Kier alpha value is -2.89. The fraction of sp³-hybridized carbons (Fsp3) is 0.316. The van der Waals surface area contributed by atoms with Crippen LogP contribution < -0.4 is 15.4 Å². The Kier molecular flexibility index (Phi) is 5.75. The zero-order valence-electron chi connectivity index (χ0n) is 14.9. The van der Waals surface area contributed by atoms with Crippen molar-refractivity contribution in [1.82, 2.24) is 0 Å². The second-order valence-corrected chi connectivity index (χ2v) is 6.57. The zero-order valence-corrected chi connectivity index (χ0v) is 14.9. The number of carbonyl (C=O) groups is 1. The quantitative estimate of drug-likeness (QED) is 0.751. The summed E-state index contributed by atoms with van der Waals surface area (Å²) in [7, 11) is 1.51. The van der Waals surface area contributed by atoms with Crippen LogP contribution in [0.1, 0.15) is 26.3 Å². The van der Waals surface area contributed by atoms with Crippen LogP contribution in [-0.2, 0) is 11.3 Å². The van der Waals surface area contributed by atoms with Gasteiger partial charge in [-0.15, -0.1) is 0 Å². The maximum absolute atomic E-state index is 11.8. The van der Waals surface area contributed by atoms with E-state index in [9.17, 15) is 9.90 Å². The number of benzene rings is 2. The minimum absolute atomic E-state index is 0.106. The number of methoxy groups -OCH3 is 1. The van der Waals surface area contributed by atoms with Crippen LogP contribution in [-0.4, -0.2) is 23.9 Å². The number of carbonyl (C=O) groups excluding carboxylic acids is 1. The number of anilines is 2. The van der Waals surface area contributed by atoms with Crippen molar-refractivity contribution in [2.75, 3.05) is 17.7 Å². The Morgan fingerprint density at radius 2 is 1.84 bits per heavy atom. The average Bonchev–Trinajstić information content (AvgIpc) is 2.52. The van der Waals surface area contributed by atoms with Crippen molar-refractivity contribution in [2.24, 2.45) is 0 Å². The molecule has 0 aliphatic carbocycles. The minimum Gasteiger partial charge on any atom is -0.504 e. The van der Waals surface area contributed by atoms with Gasteiger partial charge in [0.05, 0.1) is 7.11 Å². The molecular formula is C19H24N2O4. The molecule has 2 aromatic carbocycles. The summed E-state index contributed by atoms with van der Waals surface area (Å²) in [4.78, 5) is 11.8. The molecule has 0 saturated heterocycles. The van der Waals surface area contributed by atoms with Crippen LogP contribution in [0.25, 0.3) is 0 Å². The van der Waals surface area contributed by atoms with Crippen LogP contribution in [0.3, 0.4) is 0 Å². The van der Waals surface area contributed by atoms with Crippen LogP contribution in [0, 0.1) is 0 Å². The Labute approximate surface area is 147 Å². The summed E-state index contributed by atoms with van der Waals surface area (Å²) in [5.41, 5.74) is 1.90. The van der Waals surface area contributed by atoms with Gasteiger partial charge in [-0.05, 0) is 56.7 Å². The number of hydrogen-bond donors (Lipinski definition) is 3. The Morgan fingerprint density at radius 1 is 1.12 bits per heavy atom. The first-order valence-electron chi connectivity index (χ1n) is 7.96. The predicted octanol–water partition coefficient (Wildman–Crippen LogP) is 4.36. The number of rotatable bonds is 5. The fourth-order valence-corrected chi connectivity index (χ4v) is 2.16. The van der Waals surface area contributed by atoms with Gasteiger partial charge in [0.2, 0.25) is 0 Å². The second-order valence-electron chi connectivity index (χ2n) is 6.57. The van der Waals surface area contributed by atoms with Crippen LogP contribution in [0.5, 0.6) is 11.5 Å². The number of amides is 1. The van der Waals surface area contributed by atoms with Gasteiger partial charge in [-0.3, -0.25) is 5.32 Å². The Balaban J connectivity index is 1.98. The van der Waals surface area contributed by atoms with Crippen LogP contribution in [0.2, 0.25) is 0 Å². The van der Waals surface area contributed by atoms with Gasteiger partial charge in [0.25, 0.3) is 0 Å². The van der Waals surface area contributed by atoms with E-state index in [0.29, 0.717) is 18.0 Å². The van der Waals surface area contributed by atoms with Gasteiger partial charge in [-0.25, -0.2) is 4.79 Å². The van der Waals surface area contributed by atoms with E-state index in [1.807, 2.05) is 45.0 Å². The van der Waals surface area contributed by atoms with Gasteiger partial charge >= 0.3 is 6.09 Å². The molecule has 6 heteroatoms. The number of nitrogens with one attached hydrogen (secondary N) is 2. The van der Waals surface area contributed by atoms with E-state index in [2.05, 4.69) is 10.6 Å². The van der Waals surface area contributed by atoms with Crippen molar-refractivity contribution in [3.05, 3.63) is 48.0 Å². The zero-order chi connectivity index (χ0) is 18.4. The Bertz CT molecular complexity index is 738. The molecule has 1 amide bonds. The maximum Gasteiger partial charge on any atom is 0.412 e. The second kappa shape index (κ2) is 7.79. The summed E-state index contributed by atoms with van der Waals surface area (Å²) in [6.07, 6.45) is -0.493. The number of phenols is 1. The highest BCUT2D eigenvalue weighted by molar-refractivity contribution is 5.85. The molecule has 0 radical (unpaired) electrons. The molecule has 0 fully saturated rings. The van der Waals surface area contributed by atoms with E-state index in [1.54, 1.807) is 18.2 Å². The van der Waals surface area contributed by atoms with E-state index in [0.717, 1.165) is 11.3 Å². The molecule has 2 rings (SSSR count). The maximum atomic E-state index is 11.8. The number of phenolic OH excluding ortho intramolecular Hbond substituents is 1. The summed E-state index contributed by atoms with van der Waals surface area (Å²) < 4.78 is 10.3. The highest BCUT2D eigenvalue weighted by Crippen LogP contribution is 2.26. The molecule has 0 bridgehead atoms. The molecule has 134 valence electrons. The highest BCUT2D eigenvalue weighted by atomic mass is 16.6. The van der Waals surface area contributed by atoms with Crippen molar-refractivity contribution < 1.29 is 19.4 Å². The van der Waals surface area contributed by atoms with Crippen molar-refractivity contribution >= 4 is 17.5 Å². The molecule has 25 heavy (non-hydrogen) atoms. The SMILES string of the molecule is COc1cc(CNc2cccc(NC(=O)OC(C)(C)C)c2)ccc1O. The van der Waals surface area contributed by atoms with Crippen LogP contribution in [0.4, 0.5) is 16.2 Å². The first kappa shape index (κ1) is 18.4. The van der Waals surface area contributed by atoms with E-state index in [4.69, 9.17) is 9.47 Å². The molecule has 0 unspecified atom stereocenters. The molecule has 0 aromatic heterocycles. The molecule has 6 nitrogen and oxygen atoms in total. The topological polar surface area (TPSA) is 79.8 Å². The van der Waals surface area contributed by atoms with Gasteiger partial charge < -0.3 is 19.9 Å². The van der Waals surface area contributed by atoms with Gasteiger partial charge in [-0.2, -0.15) is 0 Å². The summed E-state index contributed by atoms with van der Waals surface area (Å²) in [5.74, 6) is 0.537. The summed E-state index contributed by atoms with van der Waals surface area (Å²) >= 11 is 0. The van der Waals surface area contributed by atoms with E-state index in [1.165, 1.54) is 7.11 Å². The van der Waals surface area contributed by atoms with E-state index in [-0.39, 0.29) is 5.75 Å². The van der Waals surface area contributed by atoms with E-state index < -0.39 is 11.7 Å². The fourth-order valence-electron chi connectivity index (χ4n) is 2.16. The normalized spacial score (nSPS) is 10.9. The molecule has 0 aliphatic rings. The molecule has 0 aliphatic heterocycles. The predicted molar refractivity (Wildman–Crippen MR) is 98.3 cm³/mol. The standard InChI is InChI=1S/C19H24N2O4/c1-19(2,3)25-18(23)21-15-7-5-6-14(11-15)20-12-13-8-9-16(22)17(10-13)24-4/h5-11,20,22H,12H2,1-4H3,(H,21,23). The molecule has 0 heterocycles. The number of aromatic hydroxyl groups is 1. The van der Waals surface area contributed by atoms with Crippen LogP contribution in [0.15, 0.2) is 42.5 Å². The van der Waals surface area contributed by atoms with Gasteiger partial charge in [0, 0.05) is 17.9 Å². The molecule has 0 atom stereocenters. The third kappa shape index (κ3) is 5.91. The number of hydrogen-bond acceptors (Lipinski definition) is 5. The summed E-state index contributed by atoms with van der Waals surface area (Å²) in [5, 5.41) is 15.6. The largest absolute Gasteiger partial charge is 0.504 e. The molecule has 0 spiro atoms. The van der Waals surface area contributed by atoms with Crippen molar-refractivity contribution in [3.8, 4) is 11.5 Å². The lowest BCUT2D eigenvalue weighted by atomic mass is 10.2. The summed E-state index contributed by atoms with van der Waals surface area (Å²) in [6, 6.07) is 12.5. The van der Waals surface area contributed by atoms with Gasteiger partial charge in [-0.1, -0.05) is 12.1 Å².